The molecule has 1 rings (SSSR count). The standard InChI is InChI=1S/C16H24N2O3/c1-16(2,9-10-17)8-7-14(19)18-11-12-3-5-13(6-4-12)15(20)21/h3-6H,7-11,17H2,1-2H3,(H,18,19)(H,20,21). The Morgan fingerprint density at radius 1 is 1.19 bits per heavy atom. The highest BCUT2D eigenvalue weighted by molar-refractivity contribution is 5.87. The fourth-order valence-electron chi connectivity index (χ4n) is 2.02. The van der Waals surface area contributed by atoms with Gasteiger partial charge in [-0.15, -0.1) is 0 Å². The molecule has 116 valence electrons. The van der Waals surface area contributed by atoms with Crippen LogP contribution in [0.25, 0.3) is 0 Å². The average molecular weight is 292 g/mol. The lowest BCUT2D eigenvalue weighted by molar-refractivity contribution is -0.121. The molecule has 0 aliphatic heterocycles. The molecule has 1 amide bonds. The molecule has 5 nitrogen and oxygen atoms in total. The first kappa shape index (κ1) is 17.2. The molecule has 1 aromatic carbocycles. The van der Waals surface area contributed by atoms with Gasteiger partial charge in [0, 0.05) is 13.0 Å². The van der Waals surface area contributed by atoms with E-state index in [-0.39, 0.29) is 16.9 Å². The Hall–Kier alpha value is -1.88. The molecule has 1 aromatic rings. The van der Waals surface area contributed by atoms with E-state index in [1.54, 1.807) is 12.1 Å². The highest BCUT2D eigenvalue weighted by Gasteiger charge is 2.18. The summed E-state index contributed by atoms with van der Waals surface area (Å²) in [7, 11) is 0. The molecule has 5 heteroatoms. The number of carbonyl (C=O) groups is 2. The van der Waals surface area contributed by atoms with E-state index < -0.39 is 5.97 Å². The molecule has 0 bridgehead atoms. The number of nitrogens with two attached hydrogens (primary N) is 1. The average Bonchev–Trinajstić information content (AvgIpc) is 2.43. The van der Waals surface area contributed by atoms with Gasteiger partial charge in [-0.05, 0) is 42.5 Å². The lowest BCUT2D eigenvalue weighted by atomic mass is 9.84. The number of rotatable bonds is 8. The van der Waals surface area contributed by atoms with Crippen molar-refractivity contribution in [2.45, 2.75) is 39.7 Å². The summed E-state index contributed by atoms with van der Waals surface area (Å²) in [6, 6.07) is 6.49. The van der Waals surface area contributed by atoms with Crippen molar-refractivity contribution in [2.75, 3.05) is 6.54 Å². The molecule has 0 atom stereocenters. The Labute approximate surface area is 125 Å². The Balaban J connectivity index is 2.37. The summed E-state index contributed by atoms with van der Waals surface area (Å²) in [5.74, 6) is -0.949. The normalized spacial score (nSPS) is 11.2. The molecule has 0 heterocycles. The van der Waals surface area contributed by atoms with Gasteiger partial charge in [0.05, 0.1) is 5.56 Å². The third-order valence-corrected chi connectivity index (χ3v) is 3.54. The molecule has 0 aromatic heterocycles. The molecule has 0 aliphatic carbocycles. The van der Waals surface area contributed by atoms with E-state index in [0.717, 1.165) is 18.4 Å². The number of nitrogens with one attached hydrogen (secondary N) is 1. The van der Waals surface area contributed by atoms with Crippen molar-refractivity contribution in [1.29, 1.82) is 0 Å². The maximum Gasteiger partial charge on any atom is 0.335 e. The molecule has 0 fully saturated rings. The van der Waals surface area contributed by atoms with Crippen LogP contribution in [0.1, 0.15) is 49.0 Å². The van der Waals surface area contributed by atoms with Crippen molar-refractivity contribution in [3.05, 3.63) is 35.4 Å². The summed E-state index contributed by atoms with van der Waals surface area (Å²) in [4.78, 5) is 22.5. The molecule has 0 radical (unpaired) electrons. The monoisotopic (exact) mass is 292 g/mol. The Bertz CT molecular complexity index is 481. The fraction of sp³-hybridized carbons (Fsp3) is 0.500. The van der Waals surface area contributed by atoms with Crippen molar-refractivity contribution in [3.8, 4) is 0 Å². The fourth-order valence-corrected chi connectivity index (χ4v) is 2.02. The zero-order valence-electron chi connectivity index (χ0n) is 12.7. The van der Waals surface area contributed by atoms with Gasteiger partial charge >= 0.3 is 5.97 Å². The maximum atomic E-state index is 11.8. The zero-order chi connectivity index (χ0) is 15.9. The highest BCUT2D eigenvalue weighted by atomic mass is 16.4. The number of aromatic carboxylic acids is 1. The molecule has 0 saturated carbocycles. The predicted octanol–water partition coefficient (Wildman–Crippen LogP) is 2.16. The number of carboxylic acid groups (broad SMARTS) is 1. The first-order valence-corrected chi connectivity index (χ1v) is 7.13. The number of carboxylic acids is 1. The van der Waals surface area contributed by atoms with Crippen LogP contribution < -0.4 is 11.1 Å². The summed E-state index contributed by atoms with van der Waals surface area (Å²) < 4.78 is 0. The number of benzene rings is 1. The molecule has 0 spiro atoms. The lowest BCUT2D eigenvalue weighted by Gasteiger charge is -2.23. The summed E-state index contributed by atoms with van der Waals surface area (Å²) in [6.45, 7) is 5.26. The first-order chi connectivity index (χ1) is 9.84. The van der Waals surface area contributed by atoms with Gasteiger partial charge in [-0.1, -0.05) is 26.0 Å². The molecule has 0 unspecified atom stereocenters. The van der Waals surface area contributed by atoms with Crippen LogP contribution in [0, 0.1) is 5.41 Å². The van der Waals surface area contributed by atoms with Gasteiger partial charge in [-0.3, -0.25) is 4.79 Å². The summed E-state index contributed by atoms with van der Waals surface area (Å²) in [5.41, 5.74) is 6.75. The third kappa shape index (κ3) is 6.40. The van der Waals surface area contributed by atoms with Gasteiger partial charge in [-0.2, -0.15) is 0 Å². The second-order valence-electron chi connectivity index (χ2n) is 5.98. The smallest absolute Gasteiger partial charge is 0.335 e. The van der Waals surface area contributed by atoms with Crippen LogP contribution in [0.3, 0.4) is 0 Å². The van der Waals surface area contributed by atoms with Gasteiger partial charge in [0.15, 0.2) is 0 Å². The van der Waals surface area contributed by atoms with E-state index in [2.05, 4.69) is 19.2 Å². The van der Waals surface area contributed by atoms with Crippen LogP contribution in [0.4, 0.5) is 0 Å². The van der Waals surface area contributed by atoms with Crippen molar-refractivity contribution in [2.24, 2.45) is 11.1 Å². The van der Waals surface area contributed by atoms with Crippen LogP contribution in [0.15, 0.2) is 24.3 Å². The second kappa shape index (κ2) is 7.78. The van der Waals surface area contributed by atoms with Gasteiger partial charge in [0.2, 0.25) is 5.91 Å². The van der Waals surface area contributed by atoms with Gasteiger partial charge in [-0.25, -0.2) is 4.79 Å². The summed E-state index contributed by atoms with van der Waals surface area (Å²) in [6.07, 6.45) is 2.17. The van der Waals surface area contributed by atoms with Crippen molar-refractivity contribution in [3.63, 3.8) is 0 Å². The summed E-state index contributed by atoms with van der Waals surface area (Å²) >= 11 is 0. The Kier molecular flexibility index (Phi) is 6.37. The maximum absolute atomic E-state index is 11.8. The number of carbonyl (C=O) groups excluding carboxylic acids is 1. The van der Waals surface area contributed by atoms with Crippen molar-refractivity contribution < 1.29 is 14.7 Å². The minimum absolute atomic E-state index is 0.00223. The van der Waals surface area contributed by atoms with E-state index in [0.29, 0.717) is 19.5 Å². The van der Waals surface area contributed by atoms with E-state index in [9.17, 15) is 9.59 Å². The first-order valence-electron chi connectivity index (χ1n) is 7.13. The van der Waals surface area contributed by atoms with E-state index in [4.69, 9.17) is 10.8 Å². The predicted molar refractivity (Wildman–Crippen MR) is 81.9 cm³/mol. The number of hydrogen-bond donors (Lipinski definition) is 3. The van der Waals surface area contributed by atoms with Crippen LogP contribution in [-0.2, 0) is 11.3 Å². The van der Waals surface area contributed by atoms with Gasteiger partial charge < -0.3 is 16.2 Å². The topological polar surface area (TPSA) is 92.4 Å². The molecule has 0 aliphatic rings. The zero-order valence-corrected chi connectivity index (χ0v) is 12.7. The largest absolute Gasteiger partial charge is 0.478 e. The van der Waals surface area contributed by atoms with Crippen molar-refractivity contribution >= 4 is 11.9 Å². The van der Waals surface area contributed by atoms with Crippen LogP contribution >= 0.6 is 0 Å². The van der Waals surface area contributed by atoms with E-state index in [1.165, 1.54) is 12.1 Å². The SMILES string of the molecule is CC(C)(CCN)CCC(=O)NCc1ccc(C(=O)O)cc1. The van der Waals surface area contributed by atoms with Gasteiger partial charge in [0.25, 0.3) is 0 Å². The molecular weight excluding hydrogens is 268 g/mol. The lowest BCUT2D eigenvalue weighted by Crippen LogP contribution is -2.25. The Morgan fingerprint density at radius 3 is 2.33 bits per heavy atom. The number of hydrogen-bond acceptors (Lipinski definition) is 3. The minimum atomic E-state index is -0.951. The third-order valence-electron chi connectivity index (χ3n) is 3.54. The van der Waals surface area contributed by atoms with Crippen molar-refractivity contribution in [1.82, 2.24) is 5.32 Å². The van der Waals surface area contributed by atoms with Crippen LogP contribution in [-0.4, -0.2) is 23.5 Å². The molecule has 0 saturated heterocycles. The minimum Gasteiger partial charge on any atom is -0.478 e. The van der Waals surface area contributed by atoms with Crippen LogP contribution in [0.2, 0.25) is 0 Å². The van der Waals surface area contributed by atoms with Crippen LogP contribution in [0.5, 0.6) is 0 Å². The quantitative estimate of drug-likeness (QED) is 0.684. The molecular formula is C16H24N2O3. The van der Waals surface area contributed by atoms with E-state index >= 15 is 0 Å². The number of amides is 1. The van der Waals surface area contributed by atoms with E-state index in [1.807, 2.05) is 0 Å². The molecule has 4 N–H and O–H groups in total. The van der Waals surface area contributed by atoms with Gasteiger partial charge in [0.1, 0.15) is 0 Å². The highest BCUT2D eigenvalue weighted by Crippen LogP contribution is 2.25. The Morgan fingerprint density at radius 2 is 1.81 bits per heavy atom. The molecule has 21 heavy (non-hydrogen) atoms. The second-order valence-corrected chi connectivity index (χ2v) is 5.98. The summed E-state index contributed by atoms with van der Waals surface area (Å²) in [5, 5.41) is 11.6.